The fraction of sp³-hybridized carbons (Fsp3) is 0.600. The fourth-order valence-corrected chi connectivity index (χ4v) is 1.87. The van der Waals surface area contributed by atoms with Crippen LogP contribution in [0.2, 0.25) is 0 Å². The van der Waals surface area contributed by atoms with Gasteiger partial charge in [-0.1, -0.05) is 6.07 Å². The first-order chi connectivity index (χ1) is 10.3. The maximum absolute atomic E-state index is 8.77. The molecule has 0 atom stereocenters. The van der Waals surface area contributed by atoms with Gasteiger partial charge in [-0.25, -0.2) is 0 Å². The summed E-state index contributed by atoms with van der Waals surface area (Å²) in [5.74, 6) is 1.32. The lowest BCUT2D eigenvalue weighted by atomic mass is 10.2. The molecule has 0 aromatic heterocycles. The Labute approximate surface area is 126 Å². The zero-order chi connectivity index (χ0) is 15.3. The zero-order valence-corrected chi connectivity index (χ0v) is 12.6. The monoisotopic (exact) mass is 298 g/mol. The lowest BCUT2D eigenvalue weighted by molar-refractivity contribution is 0.196. The van der Waals surface area contributed by atoms with Crippen molar-refractivity contribution < 1.29 is 19.7 Å². The van der Waals surface area contributed by atoms with Crippen LogP contribution in [0.25, 0.3) is 0 Å². The van der Waals surface area contributed by atoms with Crippen molar-refractivity contribution in [1.82, 2.24) is 10.6 Å². The summed E-state index contributed by atoms with van der Waals surface area (Å²) in [5, 5.41) is 23.9. The van der Waals surface area contributed by atoms with Crippen molar-refractivity contribution in [2.75, 3.05) is 46.6 Å². The van der Waals surface area contributed by atoms with E-state index in [0.29, 0.717) is 18.0 Å². The summed E-state index contributed by atoms with van der Waals surface area (Å²) >= 11 is 0. The van der Waals surface area contributed by atoms with E-state index in [1.54, 1.807) is 7.11 Å². The Morgan fingerprint density at radius 2 is 1.81 bits per heavy atom. The van der Waals surface area contributed by atoms with Crippen molar-refractivity contribution in [2.24, 2.45) is 0 Å². The van der Waals surface area contributed by atoms with Crippen molar-refractivity contribution in [1.29, 1.82) is 0 Å². The van der Waals surface area contributed by atoms with Crippen LogP contribution in [0.1, 0.15) is 12.0 Å². The summed E-state index contributed by atoms with van der Waals surface area (Å²) in [5.41, 5.74) is 1.12. The largest absolute Gasteiger partial charge is 0.493 e. The molecule has 4 N–H and O–H groups in total. The van der Waals surface area contributed by atoms with Gasteiger partial charge in [0, 0.05) is 13.1 Å². The van der Waals surface area contributed by atoms with Gasteiger partial charge in [0.15, 0.2) is 11.5 Å². The van der Waals surface area contributed by atoms with Crippen LogP contribution in [0, 0.1) is 0 Å². The molecule has 0 saturated heterocycles. The predicted molar refractivity (Wildman–Crippen MR) is 81.9 cm³/mol. The molecule has 0 heterocycles. The minimum absolute atomic E-state index is 0.0171. The second-order valence-electron chi connectivity index (χ2n) is 4.56. The van der Waals surface area contributed by atoms with Gasteiger partial charge in [0.1, 0.15) is 6.61 Å². The predicted octanol–water partition coefficient (Wildman–Crippen LogP) is 0.128. The first-order valence-electron chi connectivity index (χ1n) is 7.24. The number of rotatable bonds is 12. The molecule has 21 heavy (non-hydrogen) atoms. The summed E-state index contributed by atoms with van der Waals surface area (Å²) in [6, 6.07) is 5.77. The number of methoxy groups -OCH3 is 1. The van der Waals surface area contributed by atoms with Crippen LogP contribution in [0.15, 0.2) is 18.2 Å². The molecule has 0 amide bonds. The summed E-state index contributed by atoms with van der Waals surface area (Å²) in [6.07, 6.45) is 1.01. The van der Waals surface area contributed by atoms with E-state index in [-0.39, 0.29) is 19.8 Å². The standard InChI is InChI=1S/C15H26N2O4/c1-20-15-11-13(3-4-14(15)21-10-9-19)12-17-6-2-5-16-7-8-18/h3-4,11,16-19H,2,5-10,12H2,1H3. The van der Waals surface area contributed by atoms with E-state index in [2.05, 4.69) is 10.6 Å². The molecule has 0 aliphatic rings. The quantitative estimate of drug-likeness (QED) is 0.411. The molecule has 6 nitrogen and oxygen atoms in total. The molecular weight excluding hydrogens is 272 g/mol. The van der Waals surface area contributed by atoms with Gasteiger partial charge in [0.05, 0.1) is 20.3 Å². The third kappa shape index (κ3) is 7.29. The maximum Gasteiger partial charge on any atom is 0.161 e. The van der Waals surface area contributed by atoms with Gasteiger partial charge in [-0.3, -0.25) is 0 Å². The Kier molecular flexibility index (Phi) is 9.56. The first kappa shape index (κ1) is 17.7. The van der Waals surface area contributed by atoms with Gasteiger partial charge >= 0.3 is 0 Å². The average Bonchev–Trinajstić information content (AvgIpc) is 2.52. The van der Waals surface area contributed by atoms with Crippen LogP contribution >= 0.6 is 0 Å². The average molecular weight is 298 g/mol. The summed E-state index contributed by atoms with van der Waals surface area (Å²) in [6.45, 7) is 3.63. The Morgan fingerprint density at radius 3 is 2.52 bits per heavy atom. The molecule has 1 aromatic rings. The van der Waals surface area contributed by atoms with Crippen molar-refractivity contribution in [3.63, 3.8) is 0 Å². The molecule has 0 fully saturated rings. The SMILES string of the molecule is COc1cc(CNCCCNCCO)ccc1OCCO. The summed E-state index contributed by atoms with van der Waals surface area (Å²) in [7, 11) is 1.60. The van der Waals surface area contributed by atoms with Gasteiger partial charge in [-0.2, -0.15) is 0 Å². The van der Waals surface area contributed by atoms with E-state index >= 15 is 0 Å². The van der Waals surface area contributed by atoms with Gasteiger partial charge in [-0.15, -0.1) is 0 Å². The van der Waals surface area contributed by atoms with Gasteiger partial charge in [0.25, 0.3) is 0 Å². The summed E-state index contributed by atoms with van der Waals surface area (Å²) in [4.78, 5) is 0. The second kappa shape index (κ2) is 11.3. The molecule has 1 aromatic carbocycles. The molecule has 0 spiro atoms. The molecule has 6 heteroatoms. The number of ether oxygens (including phenoxy) is 2. The summed E-state index contributed by atoms with van der Waals surface area (Å²) < 4.78 is 10.7. The third-order valence-electron chi connectivity index (χ3n) is 2.90. The fourth-order valence-electron chi connectivity index (χ4n) is 1.87. The van der Waals surface area contributed by atoms with E-state index in [4.69, 9.17) is 19.7 Å². The first-order valence-corrected chi connectivity index (χ1v) is 7.24. The number of aliphatic hydroxyl groups excluding tert-OH is 2. The smallest absolute Gasteiger partial charge is 0.161 e. The third-order valence-corrected chi connectivity index (χ3v) is 2.90. The van der Waals surface area contributed by atoms with Gasteiger partial charge in [-0.05, 0) is 37.2 Å². The topological polar surface area (TPSA) is 83.0 Å². The lowest BCUT2D eigenvalue weighted by Crippen LogP contribution is -2.23. The highest BCUT2D eigenvalue weighted by Crippen LogP contribution is 2.27. The molecule has 1 rings (SSSR count). The van der Waals surface area contributed by atoms with Crippen molar-refractivity contribution in [2.45, 2.75) is 13.0 Å². The lowest BCUT2D eigenvalue weighted by Gasteiger charge is -2.12. The molecule has 0 saturated carbocycles. The Morgan fingerprint density at radius 1 is 1.00 bits per heavy atom. The zero-order valence-electron chi connectivity index (χ0n) is 12.6. The molecular formula is C15H26N2O4. The number of hydrogen-bond donors (Lipinski definition) is 4. The Hall–Kier alpha value is -1.34. The number of benzene rings is 1. The van der Waals surface area contributed by atoms with Crippen LogP contribution in [0.5, 0.6) is 11.5 Å². The van der Waals surface area contributed by atoms with Crippen LogP contribution in [0.4, 0.5) is 0 Å². The molecule has 0 radical (unpaired) electrons. The van der Waals surface area contributed by atoms with Crippen molar-refractivity contribution in [3.05, 3.63) is 23.8 Å². The van der Waals surface area contributed by atoms with E-state index in [0.717, 1.165) is 31.6 Å². The Bertz CT molecular complexity index is 388. The van der Waals surface area contributed by atoms with Crippen LogP contribution in [-0.4, -0.2) is 56.8 Å². The normalized spacial score (nSPS) is 10.6. The van der Waals surface area contributed by atoms with Crippen LogP contribution in [0.3, 0.4) is 0 Å². The highest BCUT2D eigenvalue weighted by Gasteiger charge is 2.05. The van der Waals surface area contributed by atoms with Crippen LogP contribution in [-0.2, 0) is 6.54 Å². The van der Waals surface area contributed by atoms with E-state index in [9.17, 15) is 0 Å². The van der Waals surface area contributed by atoms with Crippen molar-refractivity contribution >= 4 is 0 Å². The Balaban J connectivity index is 2.31. The van der Waals surface area contributed by atoms with Gasteiger partial charge < -0.3 is 30.3 Å². The molecule has 120 valence electrons. The maximum atomic E-state index is 8.77. The van der Waals surface area contributed by atoms with Crippen molar-refractivity contribution in [3.8, 4) is 11.5 Å². The number of aliphatic hydroxyl groups is 2. The van der Waals surface area contributed by atoms with Gasteiger partial charge in [0.2, 0.25) is 0 Å². The van der Waals surface area contributed by atoms with E-state index < -0.39 is 0 Å². The second-order valence-corrected chi connectivity index (χ2v) is 4.56. The number of nitrogens with one attached hydrogen (secondary N) is 2. The molecule has 0 bridgehead atoms. The minimum atomic E-state index is -0.0171. The highest BCUT2D eigenvalue weighted by atomic mass is 16.5. The van der Waals surface area contributed by atoms with Crippen LogP contribution < -0.4 is 20.1 Å². The number of hydrogen-bond acceptors (Lipinski definition) is 6. The van der Waals surface area contributed by atoms with E-state index in [1.807, 2.05) is 18.2 Å². The highest BCUT2D eigenvalue weighted by molar-refractivity contribution is 5.42. The molecule has 0 aliphatic carbocycles. The molecule has 0 unspecified atom stereocenters. The minimum Gasteiger partial charge on any atom is -0.493 e. The molecule has 0 aliphatic heterocycles. The van der Waals surface area contributed by atoms with E-state index in [1.165, 1.54) is 0 Å².